The van der Waals surface area contributed by atoms with Gasteiger partial charge in [-0.2, -0.15) is 5.10 Å². The number of nitrogens with zero attached hydrogens (tertiary/aromatic N) is 2. The van der Waals surface area contributed by atoms with E-state index in [0.29, 0.717) is 35.8 Å². The van der Waals surface area contributed by atoms with E-state index in [1.807, 2.05) is 6.92 Å². The minimum atomic E-state index is -0.724. The third kappa shape index (κ3) is 4.53. The zero-order valence-electron chi connectivity index (χ0n) is 18.5. The van der Waals surface area contributed by atoms with Gasteiger partial charge in [-0.1, -0.05) is 0 Å². The molecule has 0 fully saturated rings. The Bertz CT molecular complexity index is 1280. The molecule has 2 amide bonds. The maximum atomic E-state index is 13.8. The molecule has 10 heteroatoms. The maximum Gasteiger partial charge on any atom is 0.280 e. The number of ether oxygens (including phenoxy) is 1. The standard InChI is InChI=1S/C23H25FN4O4S/c1-3-28-16-9-8-13(24)12-15(16)20(29)19(27-28)22(31)26-23-18(21(30)25-10-11-32-2)14-6-4-5-7-17(14)33-23/h8-9,12H,3-7,10-11H2,1-2H3,(H,25,30)(H,26,31). The van der Waals surface area contributed by atoms with Gasteiger partial charge >= 0.3 is 0 Å². The summed E-state index contributed by atoms with van der Waals surface area (Å²) in [6, 6.07) is 3.83. The summed E-state index contributed by atoms with van der Waals surface area (Å²) in [5.41, 5.74) is 0.828. The second-order valence-electron chi connectivity index (χ2n) is 7.77. The highest BCUT2D eigenvalue weighted by Crippen LogP contribution is 2.38. The minimum absolute atomic E-state index is 0.0833. The number of methoxy groups -OCH3 is 1. The molecule has 0 saturated carbocycles. The van der Waals surface area contributed by atoms with Crippen LogP contribution in [0, 0.1) is 5.82 Å². The number of aryl methyl sites for hydroxylation is 2. The molecule has 33 heavy (non-hydrogen) atoms. The van der Waals surface area contributed by atoms with Crippen LogP contribution >= 0.6 is 11.3 Å². The predicted octanol–water partition coefficient (Wildman–Crippen LogP) is 3.12. The van der Waals surface area contributed by atoms with Gasteiger partial charge < -0.3 is 15.4 Å². The van der Waals surface area contributed by atoms with Gasteiger partial charge in [0.25, 0.3) is 11.8 Å². The Balaban J connectivity index is 1.72. The fourth-order valence-electron chi connectivity index (χ4n) is 4.06. The monoisotopic (exact) mass is 472 g/mol. The van der Waals surface area contributed by atoms with Crippen molar-refractivity contribution in [2.24, 2.45) is 0 Å². The number of benzene rings is 1. The summed E-state index contributed by atoms with van der Waals surface area (Å²) in [5.74, 6) is -1.58. The lowest BCUT2D eigenvalue weighted by molar-refractivity contribution is 0.0937. The van der Waals surface area contributed by atoms with Crippen molar-refractivity contribution in [2.45, 2.75) is 39.2 Å². The third-order valence-corrected chi connectivity index (χ3v) is 6.86. The predicted molar refractivity (Wildman–Crippen MR) is 125 cm³/mol. The zero-order valence-corrected chi connectivity index (χ0v) is 19.3. The molecule has 1 aliphatic carbocycles. The van der Waals surface area contributed by atoms with Crippen LogP contribution in [-0.2, 0) is 24.1 Å². The molecule has 2 N–H and O–H groups in total. The Hall–Kier alpha value is -3.11. The molecule has 0 radical (unpaired) electrons. The van der Waals surface area contributed by atoms with Crippen molar-refractivity contribution in [2.75, 3.05) is 25.6 Å². The van der Waals surface area contributed by atoms with Crippen LogP contribution in [0.4, 0.5) is 9.39 Å². The first-order valence-electron chi connectivity index (χ1n) is 10.9. The van der Waals surface area contributed by atoms with Gasteiger partial charge in [0.05, 0.1) is 23.1 Å². The lowest BCUT2D eigenvalue weighted by Crippen LogP contribution is -2.30. The highest BCUT2D eigenvalue weighted by Gasteiger charge is 2.27. The molecular formula is C23H25FN4O4S. The summed E-state index contributed by atoms with van der Waals surface area (Å²) >= 11 is 1.35. The number of anilines is 1. The van der Waals surface area contributed by atoms with Crippen LogP contribution in [0.2, 0.25) is 0 Å². The molecule has 0 aliphatic heterocycles. The number of rotatable bonds is 7. The van der Waals surface area contributed by atoms with E-state index in [4.69, 9.17) is 4.74 Å². The normalized spacial score (nSPS) is 13.1. The molecule has 2 aromatic heterocycles. The van der Waals surface area contributed by atoms with Crippen LogP contribution in [0.15, 0.2) is 23.0 Å². The fraction of sp³-hybridized carbons (Fsp3) is 0.391. The van der Waals surface area contributed by atoms with Gasteiger partial charge in [-0.25, -0.2) is 4.39 Å². The molecule has 0 bridgehead atoms. The lowest BCUT2D eigenvalue weighted by atomic mass is 9.95. The van der Waals surface area contributed by atoms with Crippen molar-refractivity contribution in [1.29, 1.82) is 0 Å². The van der Waals surface area contributed by atoms with E-state index in [9.17, 15) is 18.8 Å². The van der Waals surface area contributed by atoms with Gasteiger partial charge in [-0.15, -0.1) is 11.3 Å². The number of aromatic nitrogens is 2. The van der Waals surface area contributed by atoms with E-state index in [1.54, 1.807) is 7.11 Å². The van der Waals surface area contributed by atoms with Crippen molar-refractivity contribution < 1.29 is 18.7 Å². The first-order chi connectivity index (χ1) is 15.9. The number of hydrogen-bond acceptors (Lipinski definition) is 6. The van der Waals surface area contributed by atoms with E-state index < -0.39 is 17.2 Å². The number of hydrogen-bond donors (Lipinski definition) is 2. The average molecular weight is 473 g/mol. The average Bonchev–Trinajstić information content (AvgIpc) is 3.17. The molecule has 4 rings (SSSR count). The SMILES string of the molecule is CCn1nc(C(=O)Nc2sc3c(c2C(=O)NCCOC)CCCC3)c(=O)c2cc(F)ccc21. The van der Waals surface area contributed by atoms with Gasteiger partial charge in [0.1, 0.15) is 10.8 Å². The summed E-state index contributed by atoms with van der Waals surface area (Å²) in [4.78, 5) is 40.1. The molecule has 174 valence electrons. The summed E-state index contributed by atoms with van der Waals surface area (Å²) in [7, 11) is 1.55. The van der Waals surface area contributed by atoms with Crippen molar-refractivity contribution in [1.82, 2.24) is 15.1 Å². The van der Waals surface area contributed by atoms with Gasteiger partial charge in [0, 0.05) is 25.1 Å². The molecule has 8 nitrogen and oxygen atoms in total. The van der Waals surface area contributed by atoms with Crippen LogP contribution in [0.25, 0.3) is 10.9 Å². The molecule has 1 aliphatic rings. The van der Waals surface area contributed by atoms with Crippen molar-refractivity contribution >= 4 is 39.1 Å². The van der Waals surface area contributed by atoms with Gasteiger partial charge in [-0.05, 0) is 56.4 Å². The number of amides is 2. The fourth-order valence-corrected chi connectivity index (χ4v) is 5.35. The van der Waals surface area contributed by atoms with Crippen LogP contribution < -0.4 is 16.1 Å². The summed E-state index contributed by atoms with van der Waals surface area (Å²) in [6.07, 6.45) is 3.58. The minimum Gasteiger partial charge on any atom is -0.383 e. The van der Waals surface area contributed by atoms with Crippen LogP contribution in [0.1, 0.15) is 51.1 Å². The number of halogens is 1. The highest BCUT2D eigenvalue weighted by molar-refractivity contribution is 7.17. The van der Waals surface area contributed by atoms with E-state index in [2.05, 4.69) is 15.7 Å². The zero-order chi connectivity index (χ0) is 23.5. The molecule has 3 aromatic rings. The molecule has 1 aromatic carbocycles. The summed E-state index contributed by atoms with van der Waals surface area (Å²) in [6.45, 7) is 2.92. The van der Waals surface area contributed by atoms with Crippen molar-refractivity contribution in [3.8, 4) is 0 Å². The lowest BCUT2D eigenvalue weighted by Gasteiger charge is -2.13. The first-order valence-corrected chi connectivity index (χ1v) is 11.7. The maximum absolute atomic E-state index is 13.8. The Morgan fingerprint density at radius 3 is 2.79 bits per heavy atom. The number of thiophene rings is 1. The third-order valence-electron chi connectivity index (χ3n) is 5.65. The van der Waals surface area contributed by atoms with Crippen LogP contribution in [0.3, 0.4) is 0 Å². The second kappa shape index (κ2) is 9.80. The van der Waals surface area contributed by atoms with Crippen LogP contribution in [0.5, 0.6) is 0 Å². The van der Waals surface area contributed by atoms with E-state index in [-0.39, 0.29) is 17.0 Å². The van der Waals surface area contributed by atoms with Gasteiger partial charge in [-0.3, -0.25) is 19.1 Å². The van der Waals surface area contributed by atoms with E-state index >= 15 is 0 Å². The first kappa shape index (κ1) is 23.1. The number of carbonyl (C=O) groups excluding carboxylic acids is 2. The molecular weight excluding hydrogens is 447 g/mol. The molecule has 0 saturated heterocycles. The topological polar surface area (TPSA) is 102 Å². The highest BCUT2D eigenvalue weighted by atomic mass is 32.1. The molecule has 0 atom stereocenters. The number of fused-ring (bicyclic) bond motifs is 2. The Kier molecular flexibility index (Phi) is 6.85. The smallest absolute Gasteiger partial charge is 0.280 e. The van der Waals surface area contributed by atoms with E-state index in [0.717, 1.165) is 42.2 Å². The summed E-state index contributed by atoms with van der Waals surface area (Å²) < 4.78 is 20.3. The Morgan fingerprint density at radius 1 is 1.24 bits per heavy atom. The number of nitrogens with one attached hydrogen (secondary N) is 2. The van der Waals surface area contributed by atoms with Crippen molar-refractivity contribution in [3.05, 3.63) is 55.9 Å². The molecule has 0 spiro atoms. The molecule has 0 unspecified atom stereocenters. The van der Waals surface area contributed by atoms with Crippen LogP contribution in [-0.4, -0.2) is 41.9 Å². The van der Waals surface area contributed by atoms with Gasteiger partial charge in [0.2, 0.25) is 5.43 Å². The Morgan fingerprint density at radius 2 is 2.03 bits per heavy atom. The second-order valence-corrected chi connectivity index (χ2v) is 8.88. The van der Waals surface area contributed by atoms with Gasteiger partial charge in [0.15, 0.2) is 5.69 Å². The summed E-state index contributed by atoms with van der Waals surface area (Å²) in [5, 5.41) is 10.3. The van der Waals surface area contributed by atoms with Crippen molar-refractivity contribution in [3.63, 3.8) is 0 Å². The molecule has 2 heterocycles. The largest absolute Gasteiger partial charge is 0.383 e. The van der Waals surface area contributed by atoms with E-state index in [1.165, 1.54) is 28.2 Å². The quantitative estimate of drug-likeness (QED) is 0.515. The Labute approximate surface area is 193 Å². The number of carbonyl (C=O) groups is 2.